The number of carbonyl (C=O) groups is 2. The molecule has 0 saturated carbocycles. The number of halogens is 4. The van der Waals surface area contributed by atoms with E-state index in [0.29, 0.717) is 11.3 Å². The lowest BCUT2D eigenvalue weighted by molar-refractivity contribution is 0.0989. The van der Waals surface area contributed by atoms with Gasteiger partial charge in [0.2, 0.25) is 0 Å². The molecule has 3 heterocycles. The molecule has 6 nitrogen and oxygen atoms in total. The molecule has 0 N–H and O–H groups in total. The van der Waals surface area contributed by atoms with Gasteiger partial charge in [-0.25, -0.2) is 0 Å². The van der Waals surface area contributed by atoms with Gasteiger partial charge >= 0.3 is 0 Å². The molecule has 0 amide bonds. The Morgan fingerprint density at radius 1 is 0.712 bits per heavy atom. The maximum absolute atomic E-state index is 14.0. The number of nitriles is 1. The van der Waals surface area contributed by atoms with E-state index in [2.05, 4.69) is 45.2 Å². The summed E-state index contributed by atoms with van der Waals surface area (Å²) in [6.07, 6.45) is 10.3. The Labute approximate surface area is 319 Å². The van der Waals surface area contributed by atoms with Crippen LogP contribution in [-0.4, -0.2) is 21.5 Å². The van der Waals surface area contributed by atoms with Crippen LogP contribution in [0.25, 0.3) is 10.8 Å². The Balaban J connectivity index is 1.53. The van der Waals surface area contributed by atoms with Crippen molar-refractivity contribution in [2.45, 2.75) is 19.3 Å². The van der Waals surface area contributed by atoms with E-state index in [9.17, 15) is 14.9 Å². The topological polar surface area (TPSA) is 87.0 Å². The molecule has 2 aromatic heterocycles. The SMILES string of the molecule is Cc1cc(C#N)cc(C)c1N1/C(=C\C=C2C(=O)c3c(Cl)c(Cl)c(Cl)c(Cl)c3C2=O)C(c2ccncc2)(c2ccncc2)c2c1ccc1ccccc21. The van der Waals surface area contributed by atoms with E-state index in [1.807, 2.05) is 68.5 Å². The summed E-state index contributed by atoms with van der Waals surface area (Å²) in [7, 11) is 0. The van der Waals surface area contributed by atoms with E-state index >= 15 is 0 Å². The maximum Gasteiger partial charge on any atom is 0.199 e. The number of aryl methyl sites for hydroxylation is 2. The molecule has 10 heteroatoms. The highest BCUT2D eigenvalue weighted by Gasteiger charge is 2.52. The third-order valence-corrected chi connectivity index (χ3v) is 11.6. The molecule has 52 heavy (non-hydrogen) atoms. The predicted molar refractivity (Wildman–Crippen MR) is 206 cm³/mol. The zero-order valence-electron chi connectivity index (χ0n) is 27.5. The van der Waals surface area contributed by atoms with Crippen molar-refractivity contribution in [2.24, 2.45) is 0 Å². The summed E-state index contributed by atoms with van der Waals surface area (Å²) in [6.45, 7) is 3.94. The molecule has 4 aromatic carbocycles. The number of allylic oxidation sites excluding steroid dienone is 4. The molecule has 0 spiro atoms. The average molecular weight is 758 g/mol. The minimum Gasteiger partial charge on any atom is -0.312 e. The Morgan fingerprint density at radius 3 is 1.79 bits per heavy atom. The number of ketones is 2. The number of hydrogen-bond donors (Lipinski definition) is 0. The van der Waals surface area contributed by atoms with Crippen molar-refractivity contribution < 1.29 is 9.59 Å². The smallest absolute Gasteiger partial charge is 0.199 e. The summed E-state index contributed by atoms with van der Waals surface area (Å²) >= 11 is 25.7. The Morgan fingerprint density at radius 2 is 1.25 bits per heavy atom. The fourth-order valence-corrected chi connectivity index (χ4v) is 8.80. The zero-order chi connectivity index (χ0) is 36.5. The van der Waals surface area contributed by atoms with Gasteiger partial charge in [0.25, 0.3) is 0 Å². The van der Waals surface area contributed by atoms with Crippen molar-refractivity contribution in [1.82, 2.24) is 9.97 Å². The lowest BCUT2D eigenvalue weighted by Crippen LogP contribution is -2.33. The molecule has 1 aliphatic carbocycles. The minimum absolute atomic E-state index is 0.0819. The molecule has 0 fully saturated rings. The van der Waals surface area contributed by atoms with Crippen molar-refractivity contribution >= 4 is 80.1 Å². The van der Waals surface area contributed by atoms with E-state index in [0.717, 1.165) is 50.0 Å². The molecule has 8 rings (SSSR count). The summed E-state index contributed by atoms with van der Waals surface area (Å²) < 4.78 is 0. The first-order valence-electron chi connectivity index (χ1n) is 16.1. The zero-order valence-corrected chi connectivity index (χ0v) is 30.5. The Hall–Kier alpha value is -5.29. The van der Waals surface area contributed by atoms with Gasteiger partial charge in [-0.15, -0.1) is 0 Å². The predicted octanol–water partition coefficient (Wildman–Crippen LogP) is 11.1. The van der Waals surface area contributed by atoms with Crippen LogP contribution < -0.4 is 4.90 Å². The fourth-order valence-electron chi connectivity index (χ4n) is 7.78. The fraction of sp³-hybridized carbons (Fsp3) is 0.0714. The van der Waals surface area contributed by atoms with E-state index in [-0.39, 0.29) is 36.8 Å². The van der Waals surface area contributed by atoms with Crippen LogP contribution >= 0.6 is 46.4 Å². The van der Waals surface area contributed by atoms with Crippen molar-refractivity contribution in [1.29, 1.82) is 5.26 Å². The number of carbonyl (C=O) groups excluding carboxylic acids is 2. The molecule has 0 unspecified atom stereocenters. The summed E-state index contributed by atoms with van der Waals surface area (Å²) in [5.74, 6) is -1.22. The van der Waals surface area contributed by atoms with Crippen molar-refractivity contribution in [3.8, 4) is 6.07 Å². The van der Waals surface area contributed by atoms with E-state index < -0.39 is 17.0 Å². The number of rotatable bonds is 4. The van der Waals surface area contributed by atoms with Crippen LogP contribution in [0.4, 0.5) is 11.4 Å². The summed E-state index contributed by atoms with van der Waals surface area (Å²) in [4.78, 5) is 39.0. The second-order valence-electron chi connectivity index (χ2n) is 12.6. The van der Waals surface area contributed by atoms with Gasteiger partial charge in [0.15, 0.2) is 11.6 Å². The van der Waals surface area contributed by atoms with E-state index in [4.69, 9.17) is 46.4 Å². The monoisotopic (exact) mass is 756 g/mol. The van der Waals surface area contributed by atoms with Gasteiger partial charge < -0.3 is 4.90 Å². The first-order chi connectivity index (χ1) is 25.1. The third-order valence-electron chi connectivity index (χ3n) is 9.84. The second kappa shape index (κ2) is 12.7. The largest absolute Gasteiger partial charge is 0.312 e. The van der Waals surface area contributed by atoms with Crippen molar-refractivity contribution in [3.63, 3.8) is 0 Å². The number of hydrogen-bond acceptors (Lipinski definition) is 6. The van der Waals surface area contributed by atoms with Crippen LogP contribution in [0.5, 0.6) is 0 Å². The van der Waals surface area contributed by atoms with Gasteiger partial charge in [0.05, 0.1) is 65.2 Å². The van der Waals surface area contributed by atoms with Crippen molar-refractivity contribution in [3.05, 3.63) is 186 Å². The van der Waals surface area contributed by atoms with Gasteiger partial charge in [0, 0.05) is 36.0 Å². The molecule has 0 radical (unpaired) electrons. The van der Waals surface area contributed by atoms with E-state index in [1.54, 1.807) is 24.8 Å². The van der Waals surface area contributed by atoms with E-state index in [1.165, 1.54) is 6.08 Å². The van der Waals surface area contributed by atoms with Gasteiger partial charge in [-0.2, -0.15) is 5.26 Å². The van der Waals surface area contributed by atoms with Crippen LogP contribution in [0.1, 0.15) is 54.1 Å². The third kappa shape index (κ3) is 4.78. The highest BCUT2D eigenvalue weighted by Crippen LogP contribution is 2.60. The van der Waals surface area contributed by atoms with Crippen LogP contribution in [0.3, 0.4) is 0 Å². The first-order valence-corrected chi connectivity index (χ1v) is 17.6. The van der Waals surface area contributed by atoms with Crippen LogP contribution in [0.2, 0.25) is 20.1 Å². The lowest BCUT2D eigenvalue weighted by atomic mass is 9.67. The molecule has 6 aromatic rings. The number of benzene rings is 4. The quantitative estimate of drug-likeness (QED) is 0.0770. The number of nitrogens with zero attached hydrogens (tertiary/aromatic N) is 4. The lowest BCUT2D eigenvalue weighted by Gasteiger charge is -2.36. The van der Waals surface area contributed by atoms with Gasteiger partial charge in [0.1, 0.15) is 0 Å². The molecule has 0 bridgehead atoms. The number of aromatic nitrogens is 2. The number of fused-ring (bicyclic) bond motifs is 4. The summed E-state index contributed by atoms with van der Waals surface area (Å²) in [5, 5.41) is 11.4. The molecule has 1 aliphatic heterocycles. The van der Waals surface area contributed by atoms with Crippen LogP contribution in [0, 0.1) is 25.2 Å². The molecular weight excluding hydrogens is 734 g/mol. The number of anilines is 2. The molecule has 2 aliphatic rings. The highest BCUT2D eigenvalue weighted by atomic mass is 35.5. The standard InChI is InChI=1S/C42H24Cl4N4O2/c1-22-19-24(21-47)20-23(2)39(22)50-30-9-7-25-5-3-4-6-28(25)34(30)42(26-11-15-48-16-12-26,27-13-17-49-18-14-27)31(50)10-8-29-40(51)32-33(41(29)52)36(44)38(46)37(45)35(32)43/h3-20H,1-2H3/b31-10-. The van der Waals surface area contributed by atoms with Crippen molar-refractivity contribution in [2.75, 3.05) is 4.90 Å². The highest BCUT2D eigenvalue weighted by molar-refractivity contribution is 6.57. The first kappa shape index (κ1) is 33.8. The average Bonchev–Trinajstić information content (AvgIpc) is 3.60. The molecule has 0 atom stereocenters. The van der Waals surface area contributed by atoms with Gasteiger partial charge in [-0.3, -0.25) is 19.6 Å². The minimum atomic E-state index is -1.04. The normalized spacial score (nSPS) is 15.3. The summed E-state index contributed by atoms with van der Waals surface area (Å²) in [5.41, 5.74) is 6.11. The number of pyridine rings is 2. The molecular formula is C42H24Cl4N4O2. The van der Waals surface area contributed by atoms with Gasteiger partial charge in [-0.05, 0) is 101 Å². The van der Waals surface area contributed by atoms with Gasteiger partial charge in [-0.1, -0.05) is 76.7 Å². The molecule has 0 saturated heterocycles. The van der Waals surface area contributed by atoms with Crippen LogP contribution in [0.15, 0.2) is 121 Å². The Bertz CT molecular complexity index is 2540. The molecule has 252 valence electrons. The Kier molecular flexibility index (Phi) is 8.28. The number of Topliss-reactive ketones (excluding diaryl/α,β-unsaturated/α-hetero) is 2. The second-order valence-corrected chi connectivity index (χ2v) is 14.1. The van der Waals surface area contributed by atoms with Crippen LogP contribution in [-0.2, 0) is 5.41 Å². The summed E-state index contributed by atoms with van der Waals surface area (Å²) in [6, 6.07) is 26.2. The maximum atomic E-state index is 14.0.